The zero-order valence-electron chi connectivity index (χ0n) is 16.7. The molecule has 32 heavy (non-hydrogen) atoms. The van der Waals surface area contributed by atoms with Crippen LogP contribution in [0, 0.1) is 0 Å². The molecule has 2 aromatic heterocycles. The first-order chi connectivity index (χ1) is 15.5. The highest BCUT2D eigenvalue weighted by Gasteiger charge is 2.15. The third kappa shape index (κ3) is 4.73. The van der Waals surface area contributed by atoms with Crippen LogP contribution < -0.4 is 11.1 Å². The van der Waals surface area contributed by atoms with Crippen LogP contribution in [0.4, 0.5) is 4.79 Å². The standard InChI is InChI=1S/C23H18N4O5/c24-23(30)25-20(28)14-31-21(29)11-10-16-13-27(17-7-2-1-3-8-17)26-22(16)19-12-15-6-4-5-9-18(15)32-19/h1-13H,14H2,(H3,24,25,28,30)/b11-10+. The Labute approximate surface area is 182 Å². The summed E-state index contributed by atoms with van der Waals surface area (Å²) in [6.07, 6.45) is 4.43. The third-order valence-corrected chi connectivity index (χ3v) is 4.43. The molecule has 0 aliphatic heterocycles. The molecule has 2 aromatic carbocycles. The number of rotatable bonds is 6. The lowest BCUT2D eigenvalue weighted by Crippen LogP contribution is -2.37. The number of nitrogens with one attached hydrogen (secondary N) is 1. The Bertz CT molecular complexity index is 1290. The number of fused-ring (bicyclic) bond motifs is 1. The smallest absolute Gasteiger partial charge is 0.331 e. The number of amides is 3. The molecule has 2 heterocycles. The van der Waals surface area contributed by atoms with Crippen molar-refractivity contribution in [2.24, 2.45) is 5.73 Å². The van der Waals surface area contributed by atoms with Crippen molar-refractivity contribution in [3.63, 3.8) is 0 Å². The molecule has 3 N–H and O–H groups in total. The van der Waals surface area contributed by atoms with Gasteiger partial charge in [-0.3, -0.25) is 10.1 Å². The number of hydrogen-bond donors (Lipinski definition) is 2. The molecule has 4 rings (SSSR count). The second-order valence-corrected chi connectivity index (χ2v) is 6.72. The van der Waals surface area contributed by atoms with Crippen LogP contribution >= 0.6 is 0 Å². The van der Waals surface area contributed by atoms with Crippen molar-refractivity contribution < 1.29 is 23.5 Å². The van der Waals surface area contributed by atoms with Gasteiger partial charge in [0.15, 0.2) is 12.4 Å². The first-order valence-electron chi connectivity index (χ1n) is 9.58. The average molecular weight is 430 g/mol. The summed E-state index contributed by atoms with van der Waals surface area (Å²) in [5.41, 5.74) is 7.52. The molecule has 0 unspecified atom stereocenters. The molecule has 0 saturated carbocycles. The fraction of sp³-hybridized carbons (Fsp3) is 0.0435. The second-order valence-electron chi connectivity index (χ2n) is 6.72. The Hall–Kier alpha value is -4.66. The number of esters is 1. The molecule has 9 nitrogen and oxygen atoms in total. The monoisotopic (exact) mass is 430 g/mol. The molecule has 0 fully saturated rings. The van der Waals surface area contributed by atoms with Crippen LogP contribution in [-0.2, 0) is 14.3 Å². The molecular weight excluding hydrogens is 412 g/mol. The van der Waals surface area contributed by atoms with E-state index in [9.17, 15) is 14.4 Å². The number of ether oxygens (including phenoxy) is 1. The molecule has 9 heteroatoms. The number of urea groups is 1. The average Bonchev–Trinajstić information content (AvgIpc) is 3.40. The van der Waals surface area contributed by atoms with Gasteiger partial charge in [-0.05, 0) is 30.3 Å². The molecule has 0 aliphatic carbocycles. The van der Waals surface area contributed by atoms with Crippen LogP contribution in [0.3, 0.4) is 0 Å². The lowest BCUT2D eigenvalue weighted by molar-refractivity contribution is -0.143. The Kier molecular flexibility index (Phi) is 5.80. The first kappa shape index (κ1) is 20.6. The van der Waals surface area contributed by atoms with Crippen LogP contribution in [0.2, 0.25) is 0 Å². The van der Waals surface area contributed by atoms with Crippen molar-refractivity contribution in [1.82, 2.24) is 15.1 Å². The topological polar surface area (TPSA) is 129 Å². The predicted octanol–water partition coefficient (Wildman–Crippen LogP) is 3.04. The number of benzene rings is 2. The number of para-hydroxylation sites is 2. The van der Waals surface area contributed by atoms with Crippen molar-refractivity contribution in [2.45, 2.75) is 0 Å². The zero-order chi connectivity index (χ0) is 22.5. The van der Waals surface area contributed by atoms with E-state index in [1.165, 1.54) is 6.08 Å². The Morgan fingerprint density at radius 2 is 1.84 bits per heavy atom. The lowest BCUT2D eigenvalue weighted by atomic mass is 10.2. The summed E-state index contributed by atoms with van der Waals surface area (Å²) in [5, 5.41) is 7.37. The SMILES string of the molecule is NC(=O)NC(=O)COC(=O)/C=C/c1cn(-c2ccccc2)nc1-c1cc2ccccc2o1. The maximum atomic E-state index is 12.0. The van der Waals surface area contributed by atoms with E-state index < -0.39 is 24.5 Å². The Balaban J connectivity index is 1.62. The van der Waals surface area contributed by atoms with Gasteiger partial charge in [0.1, 0.15) is 11.3 Å². The van der Waals surface area contributed by atoms with Gasteiger partial charge in [0.2, 0.25) is 0 Å². The summed E-state index contributed by atoms with van der Waals surface area (Å²) < 4.78 is 12.4. The minimum atomic E-state index is -1.02. The molecule has 0 aliphatic rings. The van der Waals surface area contributed by atoms with Crippen molar-refractivity contribution >= 4 is 35.0 Å². The summed E-state index contributed by atoms with van der Waals surface area (Å²) in [6, 6.07) is 17.9. The molecule has 3 amide bonds. The lowest BCUT2D eigenvalue weighted by Gasteiger charge is -2.01. The number of hydrogen-bond acceptors (Lipinski definition) is 6. The summed E-state index contributed by atoms with van der Waals surface area (Å²) in [4.78, 5) is 34.0. The molecule has 0 spiro atoms. The molecule has 0 bridgehead atoms. The number of primary amides is 1. The van der Waals surface area contributed by atoms with Crippen molar-refractivity contribution in [3.8, 4) is 17.1 Å². The quantitative estimate of drug-likeness (QED) is 0.357. The van der Waals surface area contributed by atoms with Gasteiger partial charge in [0.25, 0.3) is 5.91 Å². The fourth-order valence-electron chi connectivity index (χ4n) is 3.03. The molecule has 0 atom stereocenters. The largest absolute Gasteiger partial charge is 0.454 e. The Morgan fingerprint density at radius 1 is 1.09 bits per heavy atom. The fourth-order valence-corrected chi connectivity index (χ4v) is 3.03. The second kappa shape index (κ2) is 9.00. The highest BCUT2D eigenvalue weighted by Crippen LogP contribution is 2.30. The van der Waals surface area contributed by atoms with E-state index in [2.05, 4.69) is 5.10 Å². The van der Waals surface area contributed by atoms with Gasteiger partial charge >= 0.3 is 12.0 Å². The first-order valence-corrected chi connectivity index (χ1v) is 9.58. The number of carbonyl (C=O) groups excluding carboxylic acids is 3. The van der Waals surface area contributed by atoms with Gasteiger partial charge in [-0.25, -0.2) is 14.3 Å². The van der Waals surface area contributed by atoms with Gasteiger partial charge in [0, 0.05) is 23.2 Å². The molecule has 0 saturated heterocycles. The van der Waals surface area contributed by atoms with E-state index in [1.807, 2.05) is 66.0 Å². The van der Waals surface area contributed by atoms with E-state index in [1.54, 1.807) is 10.9 Å². The molecular formula is C23H18N4O5. The van der Waals surface area contributed by atoms with E-state index in [0.717, 1.165) is 17.1 Å². The van der Waals surface area contributed by atoms with Gasteiger partial charge < -0.3 is 14.9 Å². The van der Waals surface area contributed by atoms with Crippen LogP contribution in [-0.4, -0.2) is 34.3 Å². The number of aromatic nitrogens is 2. The van der Waals surface area contributed by atoms with Gasteiger partial charge in [-0.2, -0.15) is 5.10 Å². The van der Waals surface area contributed by atoms with Crippen LogP contribution in [0.1, 0.15) is 5.56 Å². The predicted molar refractivity (Wildman–Crippen MR) is 116 cm³/mol. The third-order valence-electron chi connectivity index (χ3n) is 4.43. The van der Waals surface area contributed by atoms with Crippen molar-refractivity contribution in [3.05, 3.63) is 78.5 Å². The zero-order valence-corrected chi connectivity index (χ0v) is 16.7. The number of nitrogens with zero attached hydrogens (tertiary/aromatic N) is 2. The van der Waals surface area contributed by atoms with Crippen molar-refractivity contribution in [2.75, 3.05) is 6.61 Å². The maximum Gasteiger partial charge on any atom is 0.331 e. The molecule has 4 aromatic rings. The minimum Gasteiger partial charge on any atom is -0.454 e. The van der Waals surface area contributed by atoms with Gasteiger partial charge in [0.05, 0.1) is 5.69 Å². The Morgan fingerprint density at radius 3 is 2.59 bits per heavy atom. The number of nitrogens with two attached hydrogens (primary N) is 1. The van der Waals surface area contributed by atoms with Gasteiger partial charge in [-0.1, -0.05) is 36.4 Å². The summed E-state index contributed by atoms with van der Waals surface area (Å²) in [5.74, 6) is -1.05. The highest BCUT2D eigenvalue weighted by molar-refractivity contribution is 5.96. The van der Waals surface area contributed by atoms with Crippen LogP contribution in [0.15, 0.2) is 77.4 Å². The normalized spacial score (nSPS) is 11.0. The number of imide groups is 1. The maximum absolute atomic E-state index is 12.0. The summed E-state index contributed by atoms with van der Waals surface area (Å²) in [7, 11) is 0. The summed E-state index contributed by atoms with van der Waals surface area (Å²) >= 11 is 0. The van der Waals surface area contributed by atoms with E-state index >= 15 is 0 Å². The highest BCUT2D eigenvalue weighted by atomic mass is 16.5. The molecule has 0 radical (unpaired) electrons. The van der Waals surface area contributed by atoms with Crippen LogP contribution in [0.5, 0.6) is 0 Å². The number of carbonyl (C=O) groups is 3. The molecule has 160 valence electrons. The van der Waals surface area contributed by atoms with E-state index in [4.69, 9.17) is 14.9 Å². The van der Waals surface area contributed by atoms with E-state index in [-0.39, 0.29) is 0 Å². The van der Waals surface area contributed by atoms with Crippen molar-refractivity contribution in [1.29, 1.82) is 0 Å². The van der Waals surface area contributed by atoms with Gasteiger partial charge in [-0.15, -0.1) is 0 Å². The number of furan rings is 1. The summed E-state index contributed by atoms with van der Waals surface area (Å²) in [6.45, 7) is -0.633. The van der Waals surface area contributed by atoms with Crippen LogP contribution in [0.25, 0.3) is 34.2 Å². The minimum absolute atomic E-state index is 0.528. The van der Waals surface area contributed by atoms with E-state index in [0.29, 0.717) is 22.6 Å².